The Morgan fingerprint density at radius 3 is 2.85 bits per heavy atom. The van der Waals surface area contributed by atoms with Crippen molar-refractivity contribution < 1.29 is 13.9 Å². The van der Waals surface area contributed by atoms with E-state index < -0.39 is 6.10 Å². The number of thiophene rings is 1. The summed E-state index contributed by atoms with van der Waals surface area (Å²) < 4.78 is 11.0. The van der Waals surface area contributed by atoms with E-state index in [9.17, 15) is 9.59 Å². The fourth-order valence-electron chi connectivity index (χ4n) is 2.92. The first-order chi connectivity index (χ1) is 13.1. The van der Waals surface area contributed by atoms with Gasteiger partial charge in [-0.2, -0.15) is 0 Å². The highest BCUT2D eigenvalue weighted by Gasteiger charge is 2.15. The van der Waals surface area contributed by atoms with Crippen LogP contribution >= 0.6 is 11.3 Å². The minimum Gasteiger partial charge on any atom is -0.481 e. The molecule has 5 nitrogen and oxygen atoms in total. The first kappa shape index (κ1) is 19.2. The molecule has 0 bridgehead atoms. The van der Waals surface area contributed by atoms with Gasteiger partial charge in [0.15, 0.2) is 6.10 Å². The highest BCUT2D eigenvalue weighted by Crippen LogP contribution is 2.24. The summed E-state index contributed by atoms with van der Waals surface area (Å²) in [6.07, 6.45) is 1.92. The standard InChI is InChI=1S/C21H23NO4S/c1-3-5-15-12-20(23)26-19-13-16(7-8-18(15)19)25-14(2)21(24)22-10-9-17-6-4-11-27-17/h4,6-8,11-14H,3,5,9-10H2,1-2H3,(H,22,24). The molecule has 0 radical (unpaired) electrons. The first-order valence-electron chi connectivity index (χ1n) is 9.10. The highest BCUT2D eigenvalue weighted by atomic mass is 32.1. The van der Waals surface area contributed by atoms with Crippen molar-refractivity contribution in [2.75, 3.05) is 6.54 Å². The fraction of sp³-hybridized carbons (Fsp3) is 0.333. The molecular formula is C21H23NO4S. The Bertz CT molecular complexity index is 962. The smallest absolute Gasteiger partial charge is 0.336 e. The molecule has 0 aliphatic rings. The van der Waals surface area contributed by atoms with Crippen LogP contribution in [0.3, 0.4) is 0 Å². The summed E-state index contributed by atoms with van der Waals surface area (Å²) in [6, 6.07) is 10.9. The molecule has 2 aromatic heterocycles. The molecule has 6 heteroatoms. The van der Waals surface area contributed by atoms with Crippen LogP contribution < -0.4 is 15.7 Å². The van der Waals surface area contributed by atoms with Crippen molar-refractivity contribution in [1.29, 1.82) is 0 Å². The van der Waals surface area contributed by atoms with Crippen LogP contribution in [0, 0.1) is 0 Å². The topological polar surface area (TPSA) is 68.5 Å². The molecule has 1 amide bonds. The molecule has 27 heavy (non-hydrogen) atoms. The average Bonchev–Trinajstić information content (AvgIpc) is 3.15. The van der Waals surface area contributed by atoms with Crippen molar-refractivity contribution in [2.24, 2.45) is 0 Å². The number of carbonyl (C=O) groups excluding carboxylic acids is 1. The molecule has 0 aliphatic carbocycles. The van der Waals surface area contributed by atoms with E-state index in [-0.39, 0.29) is 11.5 Å². The number of rotatable bonds is 8. The monoisotopic (exact) mass is 385 g/mol. The molecule has 0 fully saturated rings. The SMILES string of the molecule is CCCc1cc(=O)oc2cc(OC(C)C(=O)NCCc3cccs3)ccc12. The maximum atomic E-state index is 12.2. The number of carbonyl (C=O) groups is 1. The minimum atomic E-state index is -0.642. The van der Waals surface area contributed by atoms with Crippen molar-refractivity contribution in [2.45, 2.75) is 39.2 Å². The van der Waals surface area contributed by atoms with E-state index in [4.69, 9.17) is 9.15 Å². The van der Waals surface area contributed by atoms with E-state index in [1.54, 1.807) is 30.4 Å². The number of aryl methyl sites for hydroxylation is 1. The van der Waals surface area contributed by atoms with Crippen molar-refractivity contribution in [3.8, 4) is 5.75 Å². The van der Waals surface area contributed by atoms with Crippen LogP contribution in [0.1, 0.15) is 30.7 Å². The van der Waals surface area contributed by atoms with Gasteiger partial charge in [-0.3, -0.25) is 4.79 Å². The van der Waals surface area contributed by atoms with Gasteiger partial charge in [0.2, 0.25) is 0 Å². The molecule has 1 atom stereocenters. The molecule has 1 aromatic carbocycles. The third-order valence-corrected chi connectivity index (χ3v) is 5.19. The summed E-state index contributed by atoms with van der Waals surface area (Å²) in [5, 5.41) is 5.80. The maximum Gasteiger partial charge on any atom is 0.336 e. The van der Waals surface area contributed by atoms with Gasteiger partial charge in [0.25, 0.3) is 5.91 Å². The van der Waals surface area contributed by atoms with E-state index in [1.807, 2.05) is 23.6 Å². The number of ether oxygens (including phenoxy) is 1. The van der Waals surface area contributed by atoms with E-state index in [0.717, 1.165) is 30.2 Å². The number of hydrogen-bond donors (Lipinski definition) is 1. The van der Waals surface area contributed by atoms with Crippen LogP contribution in [0.4, 0.5) is 0 Å². The Morgan fingerprint density at radius 2 is 2.11 bits per heavy atom. The zero-order chi connectivity index (χ0) is 19.2. The van der Waals surface area contributed by atoms with Gasteiger partial charge in [0.05, 0.1) is 0 Å². The fourth-order valence-corrected chi connectivity index (χ4v) is 3.63. The predicted molar refractivity (Wildman–Crippen MR) is 108 cm³/mol. The van der Waals surface area contributed by atoms with Gasteiger partial charge in [-0.05, 0) is 48.9 Å². The van der Waals surface area contributed by atoms with Gasteiger partial charge < -0.3 is 14.5 Å². The molecular weight excluding hydrogens is 362 g/mol. The molecule has 3 aromatic rings. The number of nitrogens with one attached hydrogen (secondary N) is 1. The summed E-state index contributed by atoms with van der Waals surface area (Å²) >= 11 is 1.67. The third kappa shape index (κ3) is 4.98. The minimum absolute atomic E-state index is 0.173. The predicted octanol–water partition coefficient (Wildman–Crippen LogP) is 3.93. The molecule has 3 rings (SSSR count). The lowest BCUT2D eigenvalue weighted by Gasteiger charge is -2.15. The Kier molecular flexibility index (Phi) is 6.29. The van der Waals surface area contributed by atoms with Gasteiger partial charge in [0, 0.05) is 28.9 Å². The molecule has 2 heterocycles. The van der Waals surface area contributed by atoms with Gasteiger partial charge in [-0.1, -0.05) is 19.4 Å². The van der Waals surface area contributed by atoms with Crippen LogP contribution in [0.2, 0.25) is 0 Å². The first-order valence-corrected chi connectivity index (χ1v) is 9.98. The molecule has 1 unspecified atom stereocenters. The van der Waals surface area contributed by atoms with Crippen LogP contribution in [-0.4, -0.2) is 18.6 Å². The molecule has 0 aliphatic heterocycles. The van der Waals surface area contributed by atoms with Crippen molar-refractivity contribution in [3.05, 3.63) is 62.6 Å². The Balaban J connectivity index is 1.64. The summed E-state index contributed by atoms with van der Waals surface area (Å²) in [5.41, 5.74) is 1.07. The van der Waals surface area contributed by atoms with Crippen LogP contribution in [0.5, 0.6) is 5.75 Å². The number of fused-ring (bicyclic) bond motifs is 1. The second-order valence-electron chi connectivity index (χ2n) is 6.38. The van der Waals surface area contributed by atoms with Gasteiger partial charge in [-0.15, -0.1) is 11.3 Å². The van der Waals surface area contributed by atoms with Crippen molar-refractivity contribution in [3.63, 3.8) is 0 Å². The van der Waals surface area contributed by atoms with E-state index in [1.165, 1.54) is 10.9 Å². The zero-order valence-electron chi connectivity index (χ0n) is 15.5. The number of hydrogen-bond acceptors (Lipinski definition) is 5. The lowest BCUT2D eigenvalue weighted by molar-refractivity contribution is -0.127. The Hall–Kier alpha value is -2.60. The summed E-state index contributed by atoms with van der Waals surface area (Å²) in [4.78, 5) is 25.2. The van der Waals surface area contributed by atoms with Gasteiger partial charge in [0.1, 0.15) is 11.3 Å². The maximum absolute atomic E-state index is 12.2. The van der Waals surface area contributed by atoms with Crippen LogP contribution in [-0.2, 0) is 17.6 Å². The van der Waals surface area contributed by atoms with Gasteiger partial charge in [-0.25, -0.2) is 4.79 Å². The lowest BCUT2D eigenvalue weighted by atomic mass is 10.1. The van der Waals surface area contributed by atoms with Gasteiger partial charge >= 0.3 is 5.63 Å². The summed E-state index contributed by atoms with van der Waals surface area (Å²) in [5.74, 6) is 0.327. The normalized spacial score (nSPS) is 12.1. The highest BCUT2D eigenvalue weighted by molar-refractivity contribution is 7.09. The van der Waals surface area contributed by atoms with Crippen LogP contribution in [0.25, 0.3) is 11.0 Å². The third-order valence-electron chi connectivity index (χ3n) is 4.25. The van der Waals surface area contributed by atoms with E-state index >= 15 is 0 Å². The van der Waals surface area contributed by atoms with E-state index in [0.29, 0.717) is 17.9 Å². The van der Waals surface area contributed by atoms with E-state index in [2.05, 4.69) is 12.2 Å². The van der Waals surface area contributed by atoms with Crippen LogP contribution in [0.15, 0.2) is 51.0 Å². The molecule has 1 N–H and O–H groups in total. The zero-order valence-corrected chi connectivity index (χ0v) is 16.3. The Labute approximate surface area is 162 Å². The van der Waals surface area contributed by atoms with Crippen molar-refractivity contribution in [1.82, 2.24) is 5.32 Å². The second kappa shape index (κ2) is 8.86. The summed E-state index contributed by atoms with van der Waals surface area (Å²) in [6.45, 7) is 4.34. The Morgan fingerprint density at radius 1 is 1.26 bits per heavy atom. The largest absolute Gasteiger partial charge is 0.481 e. The number of benzene rings is 1. The number of amides is 1. The lowest BCUT2D eigenvalue weighted by Crippen LogP contribution is -2.37. The van der Waals surface area contributed by atoms with Crippen molar-refractivity contribution >= 4 is 28.2 Å². The quantitative estimate of drug-likeness (QED) is 0.597. The molecule has 0 spiro atoms. The molecule has 0 saturated carbocycles. The summed E-state index contributed by atoms with van der Waals surface area (Å²) in [7, 11) is 0. The molecule has 0 saturated heterocycles. The molecule has 142 valence electrons. The average molecular weight is 385 g/mol. The second-order valence-corrected chi connectivity index (χ2v) is 7.41.